The van der Waals surface area contributed by atoms with Gasteiger partial charge >= 0.3 is 5.97 Å². The smallest absolute Gasteiger partial charge is 0.349 e. The van der Waals surface area contributed by atoms with Gasteiger partial charge in [0.15, 0.2) is 5.82 Å². The minimum absolute atomic E-state index is 0.0271. The summed E-state index contributed by atoms with van der Waals surface area (Å²) in [5, 5.41) is 0.0271. The van der Waals surface area contributed by atoms with Crippen molar-refractivity contribution in [2.24, 2.45) is 0 Å². The molecule has 8 heteroatoms. The summed E-state index contributed by atoms with van der Waals surface area (Å²) >= 11 is 5.79. The first-order valence-corrected chi connectivity index (χ1v) is 9.55. The molecule has 0 amide bonds. The standard InChI is InChI=1S/C20H23ClFN3O3/c1-20(2,19(26)27-3)28-17-12-16(25-9-5-4-6-10-25)23-18(24-17)13-7-8-14(21)15(22)11-13/h7-8,11-12H,4-6,9-10H2,1-3H3. The van der Waals surface area contributed by atoms with Gasteiger partial charge < -0.3 is 14.4 Å². The average Bonchev–Trinajstić information content (AvgIpc) is 2.69. The van der Waals surface area contributed by atoms with Gasteiger partial charge in [0.05, 0.1) is 12.1 Å². The van der Waals surface area contributed by atoms with E-state index in [1.807, 2.05) is 0 Å². The number of aromatic nitrogens is 2. The summed E-state index contributed by atoms with van der Waals surface area (Å²) in [6.45, 7) is 4.93. The molecular formula is C20H23ClFN3O3. The first kappa shape index (κ1) is 20.3. The van der Waals surface area contributed by atoms with Crippen molar-refractivity contribution in [2.75, 3.05) is 25.1 Å². The number of nitrogens with zero attached hydrogens (tertiary/aromatic N) is 3. The third-order valence-electron chi connectivity index (χ3n) is 4.58. The van der Waals surface area contributed by atoms with Crippen molar-refractivity contribution >= 4 is 23.4 Å². The Labute approximate surface area is 168 Å². The maximum absolute atomic E-state index is 14.0. The molecule has 0 bridgehead atoms. The molecule has 0 N–H and O–H groups in total. The van der Waals surface area contributed by atoms with Gasteiger partial charge in [0, 0.05) is 24.7 Å². The molecule has 0 radical (unpaired) electrons. The van der Waals surface area contributed by atoms with Gasteiger partial charge in [-0.2, -0.15) is 4.98 Å². The normalized spacial score (nSPS) is 14.7. The van der Waals surface area contributed by atoms with E-state index in [1.54, 1.807) is 26.0 Å². The summed E-state index contributed by atoms with van der Waals surface area (Å²) in [7, 11) is 1.30. The summed E-state index contributed by atoms with van der Waals surface area (Å²) in [5.74, 6) is 0.120. The molecular weight excluding hydrogens is 385 g/mol. The molecule has 1 aliphatic heterocycles. The van der Waals surface area contributed by atoms with Crippen molar-refractivity contribution < 1.29 is 18.7 Å². The minimum Gasteiger partial charge on any atom is -0.466 e. The minimum atomic E-state index is -1.23. The highest BCUT2D eigenvalue weighted by Gasteiger charge is 2.32. The highest BCUT2D eigenvalue weighted by atomic mass is 35.5. The fraction of sp³-hybridized carbons (Fsp3) is 0.450. The zero-order valence-corrected chi connectivity index (χ0v) is 16.9. The van der Waals surface area contributed by atoms with Gasteiger partial charge in [-0.05, 0) is 51.3 Å². The van der Waals surface area contributed by atoms with Crippen LogP contribution in [0.3, 0.4) is 0 Å². The number of benzene rings is 1. The van der Waals surface area contributed by atoms with Gasteiger partial charge in [0.1, 0.15) is 11.6 Å². The molecule has 0 spiro atoms. The van der Waals surface area contributed by atoms with Crippen LogP contribution in [0.2, 0.25) is 5.02 Å². The molecule has 2 heterocycles. The molecule has 28 heavy (non-hydrogen) atoms. The number of ether oxygens (including phenoxy) is 2. The lowest BCUT2D eigenvalue weighted by molar-refractivity contribution is -0.156. The van der Waals surface area contributed by atoms with Crippen molar-refractivity contribution in [1.29, 1.82) is 0 Å². The van der Waals surface area contributed by atoms with Crippen LogP contribution in [0.1, 0.15) is 33.1 Å². The largest absolute Gasteiger partial charge is 0.466 e. The molecule has 1 saturated heterocycles. The molecule has 0 atom stereocenters. The van der Waals surface area contributed by atoms with Crippen molar-refractivity contribution in [3.8, 4) is 17.3 Å². The maximum Gasteiger partial charge on any atom is 0.349 e. The van der Waals surface area contributed by atoms with Gasteiger partial charge in [-0.3, -0.25) is 0 Å². The second-order valence-electron chi connectivity index (χ2n) is 7.17. The topological polar surface area (TPSA) is 64.6 Å². The number of hydrogen-bond acceptors (Lipinski definition) is 6. The van der Waals surface area contributed by atoms with E-state index in [0.29, 0.717) is 17.2 Å². The summed E-state index contributed by atoms with van der Waals surface area (Å²) in [4.78, 5) is 23.1. The molecule has 3 rings (SSSR count). The Balaban J connectivity index is 2.03. The fourth-order valence-electron chi connectivity index (χ4n) is 3.06. The van der Waals surface area contributed by atoms with Crippen LogP contribution in [0.5, 0.6) is 5.88 Å². The van der Waals surface area contributed by atoms with Gasteiger partial charge in [-0.25, -0.2) is 14.2 Å². The Hall–Kier alpha value is -2.41. The molecule has 150 valence electrons. The van der Waals surface area contributed by atoms with E-state index in [1.165, 1.54) is 25.7 Å². The molecule has 1 aromatic carbocycles. The summed E-state index contributed by atoms with van der Waals surface area (Å²) in [6.07, 6.45) is 3.31. The molecule has 1 fully saturated rings. The quantitative estimate of drug-likeness (QED) is 0.690. The van der Waals surface area contributed by atoms with Crippen LogP contribution in [0, 0.1) is 5.82 Å². The van der Waals surface area contributed by atoms with Crippen LogP contribution in [0.15, 0.2) is 24.3 Å². The molecule has 2 aromatic rings. The predicted molar refractivity (Wildman–Crippen MR) is 105 cm³/mol. The number of piperidine rings is 1. The highest BCUT2D eigenvalue weighted by Crippen LogP contribution is 2.29. The number of hydrogen-bond donors (Lipinski definition) is 0. The van der Waals surface area contributed by atoms with E-state index >= 15 is 0 Å². The van der Waals surface area contributed by atoms with E-state index in [-0.39, 0.29) is 10.9 Å². The highest BCUT2D eigenvalue weighted by molar-refractivity contribution is 6.30. The third kappa shape index (κ3) is 4.52. The SMILES string of the molecule is COC(=O)C(C)(C)Oc1cc(N2CCCCC2)nc(-c2ccc(Cl)c(F)c2)n1. The number of rotatable bonds is 5. The monoisotopic (exact) mass is 407 g/mol. The number of carbonyl (C=O) groups excluding carboxylic acids is 1. The van der Waals surface area contributed by atoms with E-state index in [9.17, 15) is 9.18 Å². The van der Waals surface area contributed by atoms with Crippen LogP contribution < -0.4 is 9.64 Å². The van der Waals surface area contributed by atoms with Gasteiger partial charge in [0.2, 0.25) is 11.5 Å². The Morgan fingerprint density at radius 2 is 1.89 bits per heavy atom. The average molecular weight is 408 g/mol. The third-order valence-corrected chi connectivity index (χ3v) is 4.89. The number of methoxy groups -OCH3 is 1. The van der Waals surface area contributed by atoms with E-state index in [4.69, 9.17) is 21.1 Å². The number of anilines is 1. The Morgan fingerprint density at radius 1 is 1.18 bits per heavy atom. The van der Waals surface area contributed by atoms with Crippen molar-refractivity contribution in [3.63, 3.8) is 0 Å². The van der Waals surface area contributed by atoms with E-state index < -0.39 is 17.4 Å². The van der Waals surface area contributed by atoms with Gasteiger partial charge in [-0.15, -0.1) is 0 Å². The molecule has 6 nitrogen and oxygen atoms in total. The summed E-state index contributed by atoms with van der Waals surface area (Å²) in [6, 6.07) is 6.09. The first-order chi connectivity index (χ1) is 13.3. The van der Waals surface area contributed by atoms with Gasteiger partial charge in [0.25, 0.3) is 0 Å². The second-order valence-corrected chi connectivity index (χ2v) is 7.58. The molecule has 1 aliphatic rings. The number of esters is 1. The Bertz CT molecular complexity index is 870. The predicted octanol–water partition coefficient (Wildman–Crippen LogP) is 4.26. The second kappa shape index (κ2) is 8.31. The van der Waals surface area contributed by atoms with Crippen LogP contribution in [-0.2, 0) is 9.53 Å². The Kier molecular flexibility index (Phi) is 6.03. The lowest BCUT2D eigenvalue weighted by Gasteiger charge is -2.29. The van der Waals surface area contributed by atoms with Crippen LogP contribution in [-0.4, -0.2) is 41.7 Å². The van der Waals surface area contributed by atoms with Crippen molar-refractivity contribution in [2.45, 2.75) is 38.7 Å². The van der Waals surface area contributed by atoms with Crippen molar-refractivity contribution in [1.82, 2.24) is 9.97 Å². The lowest BCUT2D eigenvalue weighted by atomic mass is 10.1. The van der Waals surface area contributed by atoms with Crippen LogP contribution in [0.25, 0.3) is 11.4 Å². The van der Waals surface area contributed by atoms with Crippen molar-refractivity contribution in [3.05, 3.63) is 35.1 Å². The zero-order chi connectivity index (χ0) is 20.3. The zero-order valence-electron chi connectivity index (χ0n) is 16.2. The van der Waals surface area contributed by atoms with E-state index in [2.05, 4.69) is 14.9 Å². The molecule has 0 unspecified atom stereocenters. The van der Waals surface area contributed by atoms with Crippen LogP contribution in [0.4, 0.5) is 10.2 Å². The van der Waals surface area contributed by atoms with Crippen LogP contribution >= 0.6 is 11.6 Å². The molecule has 0 saturated carbocycles. The molecule has 0 aliphatic carbocycles. The number of halogens is 2. The summed E-state index contributed by atoms with van der Waals surface area (Å²) in [5.41, 5.74) is -0.758. The van der Waals surface area contributed by atoms with E-state index in [0.717, 1.165) is 25.9 Å². The van der Waals surface area contributed by atoms with Gasteiger partial charge in [-0.1, -0.05) is 11.6 Å². The Morgan fingerprint density at radius 3 is 2.54 bits per heavy atom. The lowest BCUT2D eigenvalue weighted by Crippen LogP contribution is -2.39. The summed E-state index contributed by atoms with van der Waals surface area (Å²) < 4.78 is 24.6. The fourth-order valence-corrected chi connectivity index (χ4v) is 3.18. The maximum atomic E-state index is 14.0. The molecule has 1 aromatic heterocycles. The first-order valence-electron chi connectivity index (χ1n) is 9.17. The number of carbonyl (C=O) groups is 1.